The zero-order chi connectivity index (χ0) is 15.2. The molecule has 4 heteroatoms. The van der Waals surface area contributed by atoms with Gasteiger partial charge in [-0.05, 0) is 17.5 Å². The molecule has 1 amide bonds. The second kappa shape index (κ2) is 7.09. The van der Waals surface area contributed by atoms with Crippen molar-refractivity contribution in [3.05, 3.63) is 71.8 Å². The van der Waals surface area contributed by atoms with Crippen molar-refractivity contribution in [1.82, 2.24) is 5.32 Å². The van der Waals surface area contributed by atoms with Gasteiger partial charge in [-0.15, -0.1) is 0 Å². The molecule has 22 heavy (non-hydrogen) atoms. The fraction of sp³-hybridized carbons (Fsp3) is 0.278. The van der Waals surface area contributed by atoms with E-state index in [1.165, 1.54) is 0 Å². The number of benzene rings is 2. The predicted octanol–water partition coefficient (Wildman–Crippen LogP) is 3.27. The first-order valence-corrected chi connectivity index (χ1v) is 7.44. The molecule has 0 saturated heterocycles. The van der Waals surface area contributed by atoms with Gasteiger partial charge in [0.15, 0.2) is 0 Å². The molecule has 2 aromatic carbocycles. The number of amides is 1. The van der Waals surface area contributed by atoms with Gasteiger partial charge in [0.25, 0.3) is 0 Å². The van der Waals surface area contributed by atoms with E-state index in [0.717, 1.165) is 17.5 Å². The number of hydrogen-bond donors (Lipinski definition) is 1. The zero-order valence-electron chi connectivity index (χ0n) is 12.3. The second-order valence-corrected chi connectivity index (χ2v) is 5.38. The fourth-order valence-corrected chi connectivity index (χ4v) is 2.20. The Morgan fingerprint density at radius 2 is 1.55 bits per heavy atom. The number of rotatable bonds is 6. The third-order valence-electron chi connectivity index (χ3n) is 3.55. The second-order valence-electron chi connectivity index (χ2n) is 5.38. The van der Waals surface area contributed by atoms with Gasteiger partial charge in [-0.25, -0.2) is 4.79 Å². The Kier molecular flexibility index (Phi) is 4.71. The van der Waals surface area contributed by atoms with Crippen LogP contribution in [0.4, 0.5) is 4.79 Å². The summed E-state index contributed by atoms with van der Waals surface area (Å²) in [6.07, 6.45) is 0.539. The van der Waals surface area contributed by atoms with E-state index in [0.29, 0.717) is 6.61 Å². The lowest BCUT2D eigenvalue weighted by atomic mass is 10.2. The highest BCUT2D eigenvalue weighted by Gasteiger charge is 2.39. The third kappa shape index (κ3) is 4.33. The van der Waals surface area contributed by atoms with Crippen LogP contribution in [0.1, 0.15) is 17.5 Å². The van der Waals surface area contributed by atoms with Crippen molar-refractivity contribution in [1.29, 1.82) is 0 Å². The number of ether oxygens (including phenoxy) is 2. The van der Waals surface area contributed by atoms with Crippen molar-refractivity contribution >= 4 is 6.09 Å². The van der Waals surface area contributed by atoms with Crippen LogP contribution in [-0.2, 0) is 22.7 Å². The van der Waals surface area contributed by atoms with E-state index < -0.39 is 0 Å². The van der Waals surface area contributed by atoms with Crippen molar-refractivity contribution in [2.24, 2.45) is 0 Å². The van der Waals surface area contributed by atoms with E-state index in [4.69, 9.17) is 9.47 Å². The maximum atomic E-state index is 11.7. The van der Waals surface area contributed by atoms with Crippen LogP contribution in [0.15, 0.2) is 60.7 Å². The summed E-state index contributed by atoms with van der Waals surface area (Å²) in [5, 5.41) is 2.82. The standard InChI is InChI=1S/C18H19NO3/c20-18(22-13-15-9-5-2-6-10-15)19-16-11-17(16)21-12-14-7-3-1-4-8-14/h1-10,16-17H,11-13H2,(H,19,20). The molecule has 0 spiro atoms. The molecule has 0 bridgehead atoms. The number of carbonyl (C=O) groups excluding carboxylic acids is 1. The highest BCUT2D eigenvalue weighted by Crippen LogP contribution is 2.26. The van der Waals surface area contributed by atoms with Gasteiger partial charge in [-0.3, -0.25) is 0 Å². The van der Waals surface area contributed by atoms with Gasteiger partial charge in [0.05, 0.1) is 18.8 Å². The van der Waals surface area contributed by atoms with Gasteiger partial charge >= 0.3 is 6.09 Å². The summed E-state index contributed by atoms with van der Waals surface area (Å²) in [5.74, 6) is 0. The molecule has 1 saturated carbocycles. The monoisotopic (exact) mass is 297 g/mol. The van der Waals surface area contributed by atoms with E-state index in [9.17, 15) is 4.79 Å². The van der Waals surface area contributed by atoms with Crippen molar-refractivity contribution in [2.45, 2.75) is 31.8 Å². The lowest BCUT2D eigenvalue weighted by Crippen LogP contribution is -2.28. The molecular weight excluding hydrogens is 278 g/mol. The molecule has 0 aliphatic heterocycles. The minimum atomic E-state index is -0.389. The molecular formula is C18H19NO3. The summed E-state index contributed by atoms with van der Waals surface area (Å²) < 4.78 is 10.9. The molecule has 2 atom stereocenters. The minimum absolute atomic E-state index is 0.0620. The zero-order valence-corrected chi connectivity index (χ0v) is 12.3. The summed E-state index contributed by atoms with van der Waals surface area (Å²) in [5.41, 5.74) is 2.12. The van der Waals surface area contributed by atoms with Crippen LogP contribution in [0.3, 0.4) is 0 Å². The van der Waals surface area contributed by atoms with Gasteiger partial charge in [0.2, 0.25) is 0 Å². The normalized spacial score (nSPS) is 19.5. The number of alkyl carbamates (subject to hydrolysis) is 1. The maximum absolute atomic E-state index is 11.7. The van der Waals surface area contributed by atoms with Gasteiger partial charge in [0, 0.05) is 0 Å². The molecule has 0 radical (unpaired) electrons. The van der Waals surface area contributed by atoms with E-state index in [-0.39, 0.29) is 24.8 Å². The topological polar surface area (TPSA) is 47.6 Å². The van der Waals surface area contributed by atoms with Crippen LogP contribution in [0.25, 0.3) is 0 Å². The van der Waals surface area contributed by atoms with Crippen molar-refractivity contribution in [3.8, 4) is 0 Å². The predicted molar refractivity (Wildman–Crippen MR) is 83.2 cm³/mol. The number of hydrogen-bond acceptors (Lipinski definition) is 3. The summed E-state index contributed by atoms with van der Waals surface area (Å²) in [6.45, 7) is 0.859. The van der Waals surface area contributed by atoms with Crippen LogP contribution in [0.5, 0.6) is 0 Å². The highest BCUT2D eigenvalue weighted by atomic mass is 16.5. The Balaban J connectivity index is 1.34. The highest BCUT2D eigenvalue weighted by molar-refractivity contribution is 5.68. The molecule has 1 N–H and O–H groups in total. The number of carbonyl (C=O) groups is 1. The van der Waals surface area contributed by atoms with Crippen LogP contribution in [0.2, 0.25) is 0 Å². The Bertz CT molecular complexity index is 600. The van der Waals surface area contributed by atoms with Crippen molar-refractivity contribution in [3.63, 3.8) is 0 Å². The Labute approximate surface area is 130 Å². The average Bonchev–Trinajstić information content (AvgIpc) is 3.31. The molecule has 0 heterocycles. The SMILES string of the molecule is O=C(NC1CC1OCc1ccccc1)OCc1ccccc1. The first kappa shape index (κ1) is 14.6. The quantitative estimate of drug-likeness (QED) is 0.890. The summed E-state index contributed by atoms with van der Waals surface area (Å²) >= 11 is 0. The third-order valence-corrected chi connectivity index (χ3v) is 3.55. The molecule has 4 nitrogen and oxygen atoms in total. The van der Waals surface area contributed by atoms with Crippen LogP contribution in [0, 0.1) is 0 Å². The molecule has 3 rings (SSSR count). The van der Waals surface area contributed by atoms with Gasteiger partial charge in [0.1, 0.15) is 6.61 Å². The maximum Gasteiger partial charge on any atom is 0.407 e. The molecule has 2 aromatic rings. The molecule has 0 aromatic heterocycles. The van der Waals surface area contributed by atoms with E-state index in [1.54, 1.807) is 0 Å². The Hall–Kier alpha value is -2.33. The fourth-order valence-electron chi connectivity index (χ4n) is 2.20. The number of nitrogens with one attached hydrogen (secondary N) is 1. The van der Waals surface area contributed by atoms with Crippen LogP contribution in [-0.4, -0.2) is 18.2 Å². The van der Waals surface area contributed by atoms with E-state index in [1.807, 2.05) is 60.7 Å². The molecule has 1 fully saturated rings. The Morgan fingerprint density at radius 3 is 2.18 bits per heavy atom. The van der Waals surface area contributed by atoms with Gasteiger partial charge in [-0.1, -0.05) is 60.7 Å². The van der Waals surface area contributed by atoms with E-state index >= 15 is 0 Å². The molecule has 1 aliphatic carbocycles. The first-order chi connectivity index (χ1) is 10.8. The molecule has 2 unspecified atom stereocenters. The van der Waals surface area contributed by atoms with E-state index in [2.05, 4.69) is 5.32 Å². The smallest absolute Gasteiger partial charge is 0.407 e. The molecule has 1 aliphatic rings. The van der Waals surface area contributed by atoms with Crippen molar-refractivity contribution in [2.75, 3.05) is 0 Å². The largest absolute Gasteiger partial charge is 0.445 e. The lowest BCUT2D eigenvalue weighted by molar-refractivity contribution is 0.0950. The van der Waals surface area contributed by atoms with Gasteiger partial charge < -0.3 is 14.8 Å². The summed E-state index contributed by atoms with van der Waals surface area (Å²) in [7, 11) is 0. The Morgan fingerprint density at radius 1 is 0.955 bits per heavy atom. The average molecular weight is 297 g/mol. The lowest BCUT2D eigenvalue weighted by Gasteiger charge is -2.07. The first-order valence-electron chi connectivity index (χ1n) is 7.44. The van der Waals surface area contributed by atoms with Gasteiger partial charge in [-0.2, -0.15) is 0 Å². The summed E-state index contributed by atoms with van der Waals surface area (Å²) in [6, 6.07) is 19.7. The minimum Gasteiger partial charge on any atom is -0.445 e. The van der Waals surface area contributed by atoms with Crippen LogP contribution < -0.4 is 5.32 Å². The molecule has 114 valence electrons. The van der Waals surface area contributed by atoms with Crippen molar-refractivity contribution < 1.29 is 14.3 Å². The summed E-state index contributed by atoms with van der Waals surface area (Å²) in [4.78, 5) is 11.7. The van der Waals surface area contributed by atoms with Crippen LogP contribution >= 0.6 is 0 Å².